The summed E-state index contributed by atoms with van der Waals surface area (Å²) in [6.45, 7) is 0.976. The Morgan fingerprint density at radius 3 is 2.61 bits per heavy atom. The van der Waals surface area contributed by atoms with Gasteiger partial charge in [-0.2, -0.15) is 0 Å². The Morgan fingerprint density at radius 2 is 2.00 bits per heavy atom. The Bertz CT molecular complexity index is 865. The van der Waals surface area contributed by atoms with E-state index in [1.54, 1.807) is 24.8 Å². The SMILES string of the molecule is CS(=O)(=O)N1C[C@@H]2C[C@](O)(c3cc(Cl)cn4cncc34)C[C@@H]2C1. The average Bonchev–Trinajstić information content (AvgIpc) is 3.09. The van der Waals surface area contributed by atoms with Crippen LogP contribution in [0.4, 0.5) is 0 Å². The summed E-state index contributed by atoms with van der Waals surface area (Å²) in [6.07, 6.45) is 7.48. The van der Waals surface area contributed by atoms with E-state index in [4.69, 9.17) is 11.6 Å². The van der Waals surface area contributed by atoms with E-state index in [0.717, 1.165) is 11.1 Å². The zero-order chi connectivity index (χ0) is 16.4. The maximum absolute atomic E-state index is 11.7. The van der Waals surface area contributed by atoms with Crippen molar-refractivity contribution in [1.29, 1.82) is 0 Å². The third kappa shape index (κ3) is 2.46. The van der Waals surface area contributed by atoms with Gasteiger partial charge in [0.25, 0.3) is 0 Å². The highest BCUT2D eigenvalue weighted by atomic mass is 35.5. The summed E-state index contributed by atoms with van der Waals surface area (Å²) >= 11 is 6.18. The van der Waals surface area contributed by atoms with Gasteiger partial charge in [-0.15, -0.1) is 0 Å². The van der Waals surface area contributed by atoms with Gasteiger partial charge in [0.15, 0.2) is 0 Å². The Balaban J connectivity index is 1.68. The second-order valence-corrected chi connectivity index (χ2v) is 9.22. The van der Waals surface area contributed by atoms with Gasteiger partial charge < -0.3 is 9.51 Å². The summed E-state index contributed by atoms with van der Waals surface area (Å²) in [4.78, 5) is 4.13. The van der Waals surface area contributed by atoms with E-state index >= 15 is 0 Å². The smallest absolute Gasteiger partial charge is 0.211 e. The van der Waals surface area contributed by atoms with Crippen molar-refractivity contribution in [2.24, 2.45) is 11.8 Å². The van der Waals surface area contributed by atoms with Crippen LogP contribution in [0.2, 0.25) is 5.02 Å². The monoisotopic (exact) mass is 355 g/mol. The number of hydrogen-bond donors (Lipinski definition) is 1. The minimum Gasteiger partial charge on any atom is -0.385 e. The van der Waals surface area contributed by atoms with Crippen LogP contribution in [0.25, 0.3) is 5.52 Å². The molecule has 8 heteroatoms. The second-order valence-electron chi connectivity index (χ2n) is 6.80. The molecule has 1 N–H and O–H groups in total. The fraction of sp³-hybridized carbons (Fsp3) is 0.533. The number of rotatable bonds is 2. The summed E-state index contributed by atoms with van der Waals surface area (Å²) in [6, 6.07) is 1.80. The summed E-state index contributed by atoms with van der Waals surface area (Å²) in [7, 11) is -3.16. The third-order valence-electron chi connectivity index (χ3n) is 5.20. The molecule has 124 valence electrons. The molecule has 0 unspecified atom stereocenters. The van der Waals surface area contributed by atoms with Gasteiger partial charge >= 0.3 is 0 Å². The predicted molar refractivity (Wildman–Crippen MR) is 86.7 cm³/mol. The maximum atomic E-state index is 11.7. The number of imidazole rings is 1. The van der Waals surface area contributed by atoms with Crippen LogP contribution in [-0.4, -0.2) is 46.6 Å². The van der Waals surface area contributed by atoms with Gasteiger partial charge in [-0.25, -0.2) is 17.7 Å². The molecule has 6 nitrogen and oxygen atoms in total. The molecular weight excluding hydrogens is 338 g/mol. The van der Waals surface area contributed by atoms with E-state index in [9.17, 15) is 13.5 Å². The van der Waals surface area contributed by atoms with Crippen LogP contribution >= 0.6 is 11.6 Å². The molecule has 2 aromatic heterocycles. The van der Waals surface area contributed by atoms with Gasteiger partial charge in [0.1, 0.15) is 0 Å². The van der Waals surface area contributed by atoms with E-state index in [1.807, 2.05) is 4.40 Å². The van der Waals surface area contributed by atoms with Crippen LogP contribution in [0.5, 0.6) is 0 Å². The first-order valence-corrected chi connectivity index (χ1v) is 9.78. The van der Waals surface area contributed by atoms with Crippen molar-refractivity contribution in [2.75, 3.05) is 19.3 Å². The van der Waals surface area contributed by atoms with Crippen molar-refractivity contribution in [2.45, 2.75) is 18.4 Å². The fourth-order valence-electron chi connectivity index (χ4n) is 4.17. The summed E-state index contributed by atoms with van der Waals surface area (Å²) in [5, 5.41) is 11.8. The molecule has 1 aliphatic heterocycles. The molecule has 0 bridgehead atoms. The van der Waals surface area contributed by atoms with E-state index in [0.29, 0.717) is 31.0 Å². The quantitative estimate of drug-likeness (QED) is 0.885. The number of pyridine rings is 1. The number of halogens is 1. The largest absolute Gasteiger partial charge is 0.385 e. The molecule has 2 fully saturated rings. The zero-order valence-corrected chi connectivity index (χ0v) is 14.3. The van der Waals surface area contributed by atoms with Crippen molar-refractivity contribution in [3.05, 3.63) is 35.4 Å². The highest BCUT2D eigenvalue weighted by Gasteiger charge is 2.51. The molecule has 23 heavy (non-hydrogen) atoms. The molecule has 4 rings (SSSR count). The number of aromatic nitrogens is 2. The molecule has 0 aromatic carbocycles. The highest BCUT2D eigenvalue weighted by molar-refractivity contribution is 7.88. The highest BCUT2D eigenvalue weighted by Crippen LogP contribution is 2.50. The second kappa shape index (κ2) is 4.92. The molecule has 0 spiro atoms. The first kappa shape index (κ1) is 15.4. The summed E-state index contributed by atoms with van der Waals surface area (Å²) in [5.74, 6) is 0.355. The van der Waals surface area contributed by atoms with Crippen molar-refractivity contribution < 1.29 is 13.5 Å². The predicted octanol–water partition coefficient (Wildman–Crippen LogP) is 1.48. The molecule has 3 atom stereocenters. The Morgan fingerprint density at radius 1 is 1.35 bits per heavy atom. The van der Waals surface area contributed by atoms with Crippen LogP contribution < -0.4 is 0 Å². The topological polar surface area (TPSA) is 74.9 Å². The van der Waals surface area contributed by atoms with Crippen molar-refractivity contribution in [3.8, 4) is 0 Å². The first-order chi connectivity index (χ1) is 10.8. The number of hydrogen-bond acceptors (Lipinski definition) is 4. The lowest BCUT2D eigenvalue weighted by molar-refractivity contribution is 0.0350. The number of aliphatic hydroxyl groups is 1. The number of fused-ring (bicyclic) bond motifs is 2. The van der Waals surface area contributed by atoms with E-state index in [1.165, 1.54) is 10.6 Å². The molecule has 0 radical (unpaired) electrons. The lowest BCUT2D eigenvalue weighted by atomic mass is 9.90. The van der Waals surface area contributed by atoms with Crippen LogP contribution in [0.3, 0.4) is 0 Å². The zero-order valence-electron chi connectivity index (χ0n) is 12.7. The Labute approximate surface area is 139 Å². The summed E-state index contributed by atoms with van der Waals surface area (Å²) < 4.78 is 26.8. The number of sulfonamides is 1. The van der Waals surface area contributed by atoms with Gasteiger partial charge in [0.2, 0.25) is 10.0 Å². The summed E-state index contributed by atoms with van der Waals surface area (Å²) in [5.41, 5.74) is 0.644. The molecule has 2 aromatic rings. The first-order valence-electron chi connectivity index (χ1n) is 7.55. The minimum absolute atomic E-state index is 0.177. The van der Waals surface area contributed by atoms with E-state index in [-0.39, 0.29) is 11.8 Å². The average molecular weight is 356 g/mol. The molecular formula is C15H18ClN3O3S. The van der Waals surface area contributed by atoms with Gasteiger partial charge in [0, 0.05) is 24.8 Å². The van der Waals surface area contributed by atoms with Crippen LogP contribution in [0.15, 0.2) is 24.8 Å². The molecule has 3 heterocycles. The normalized spacial score (nSPS) is 31.8. The van der Waals surface area contributed by atoms with Crippen LogP contribution in [-0.2, 0) is 15.6 Å². The minimum atomic E-state index is -3.16. The molecule has 1 saturated heterocycles. The van der Waals surface area contributed by atoms with Crippen molar-refractivity contribution >= 4 is 27.1 Å². The van der Waals surface area contributed by atoms with Gasteiger partial charge in [-0.3, -0.25) is 0 Å². The lowest BCUT2D eigenvalue weighted by Crippen LogP contribution is -2.32. The van der Waals surface area contributed by atoms with Gasteiger partial charge in [0.05, 0.1) is 34.9 Å². The van der Waals surface area contributed by atoms with Gasteiger partial charge in [-0.05, 0) is 30.7 Å². The molecule has 1 aliphatic carbocycles. The van der Waals surface area contributed by atoms with Crippen molar-refractivity contribution in [1.82, 2.24) is 13.7 Å². The van der Waals surface area contributed by atoms with Crippen LogP contribution in [0, 0.1) is 11.8 Å². The Hall–Kier alpha value is -1.15. The maximum Gasteiger partial charge on any atom is 0.211 e. The van der Waals surface area contributed by atoms with E-state index < -0.39 is 15.6 Å². The van der Waals surface area contributed by atoms with Crippen LogP contribution in [0.1, 0.15) is 18.4 Å². The Kier molecular flexibility index (Phi) is 3.29. The molecule has 0 amide bonds. The third-order valence-corrected chi connectivity index (χ3v) is 6.64. The van der Waals surface area contributed by atoms with Gasteiger partial charge in [-0.1, -0.05) is 11.6 Å². The van der Waals surface area contributed by atoms with Crippen molar-refractivity contribution in [3.63, 3.8) is 0 Å². The standard InChI is InChI=1S/C15H18ClN3O3S/c1-23(21,22)19-6-10-3-15(20,4-11(10)7-19)13-2-12(16)8-18-9-17-5-14(13)18/h2,5,8-11,20H,3-4,6-7H2,1H3/t10-,11+,15+. The molecule has 2 aliphatic rings. The van der Waals surface area contributed by atoms with E-state index in [2.05, 4.69) is 4.98 Å². The number of nitrogens with zero attached hydrogens (tertiary/aromatic N) is 3. The fourth-order valence-corrected chi connectivity index (χ4v) is 5.31. The molecule has 1 saturated carbocycles. The lowest BCUT2D eigenvalue weighted by Gasteiger charge is -2.26.